The number of nitrogens with zero attached hydrogens (tertiary/aromatic N) is 1. The minimum Gasteiger partial charge on any atom is -0.756 e. The Kier molecular flexibility index (Phi) is 76.4. The lowest BCUT2D eigenvalue weighted by Gasteiger charge is -2.28. The smallest absolute Gasteiger partial charge is 0.306 e. The average Bonchev–Trinajstić information content (AvgIpc) is 1.48. The van der Waals surface area contributed by atoms with Crippen molar-refractivity contribution in [1.82, 2.24) is 0 Å². The van der Waals surface area contributed by atoms with Crippen molar-refractivity contribution in [1.29, 1.82) is 0 Å². The van der Waals surface area contributed by atoms with Gasteiger partial charge in [0.05, 0.1) is 27.7 Å². The summed E-state index contributed by atoms with van der Waals surface area (Å²) < 4.78 is 34.5. The van der Waals surface area contributed by atoms with Crippen molar-refractivity contribution >= 4 is 19.8 Å². The number of carbonyl (C=O) groups is 2. The van der Waals surface area contributed by atoms with Gasteiger partial charge in [-0.05, 0) is 44.9 Å². The summed E-state index contributed by atoms with van der Waals surface area (Å²) in [6, 6.07) is 0. The van der Waals surface area contributed by atoms with E-state index in [1.54, 1.807) is 0 Å². The minimum atomic E-state index is -4.64. The lowest BCUT2D eigenvalue weighted by Crippen LogP contribution is -2.37. The van der Waals surface area contributed by atoms with Crippen LogP contribution in [0.1, 0.15) is 463 Å². The minimum absolute atomic E-state index is 0.0263. The van der Waals surface area contributed by atoms with Crippen molar-refractivity contribution < 1.29 is 42.1 Å². The Morgan fingerprint density at radius 1 is 0.323 bits per heavy atom. The fraction of sp³-hybridized carbons (Fsp3) is 0.930. The summed E-state index contributed by atoms with van der Waals surface area (Å²) >= 11 is 0. The molecule has 0 radical (unpaired) electrons. The summed E-state index contributed by atoms with van der Waals surface area (Å²) in [5, 5.41) is 0. The quantitative estimate of drug-likeness (QED) is 0.0195. The summed E-state index contributed by atoms with van der Waals surface area (Å²) in [6.45, 7) is 4.33. The van der Waals surface area contributed by atoms with E-state index in [0.717, 1.165) is 38.5 Å². The van der Waals surface area contributed by atoms with Gasteiger partial charge >= 0.3 is 11.9 Å². The zero-order chi connectivity index (χ0) is 69.7. The molecule has 0 N–H and O–H groups in total. The van der Waals surface area contributed by atoms with Gasteiger partial charge in [-0.1, -0.05) is 430 Å². The maximum Gasteiger partial charge on any atom is 0.306 e. The monoisotopic (exact) mass is 1370 g/mol. The molecule has 0 aliphatic rings. The number of likely N-dealkylation sites (N-methyl/N-ethyl adjacent to an activating group) is 1. The second-order valence-electron chi connectivity index (χ2n) is 30.9. The van der Waals surface area contributed by atoms with Gasteiger partial charge in [0.25, 0.3) is 7.82 Å². The van der Waals surface area contributed by atoms with Gasteiger partial charge < -0.3 is 27.9 Å². The second kappa shape index (κ2) is 77.6. The molecule has 0 amide bonds. The number of ether oxygens (including phenoxy) is 2. The molecule has 0 spiro atoms. The number of allylic oxidation sites excluding steroid dienone is 4. The zero-order valence-electron chi connectivity index (χ0n) is 65.4. The number of hydrogen-bond donors (Lipinski definition) is 0. The first-order valence-electron chi connectivity index (χ1n) is 43.0. The molecule has 0 aliphatic carbocycles. The first-order chi connectivity index (χ1) is 47.0. The number of phosphoric ester groups is 1. The first kappa shape index (κ1) is 94.5. The molecule has 0 aromatic heterocycles. The van der Waals surface area contributed by atoms with E-state index in [9.17, 15) is 19.0 Å². The number of quaternary nitrogens is 1. The van der Waals surface area contributed by atoms with Gasteiger partial charge in [0.1, 0.15) is 19.8 Å². The summed E-state index contributed by atoms with van der Waals surface area (Å²) in [5.74, 6) is -0.803. The van der Waals surface area contributed by atoms with Crippen molar-refractivity contribution in [2.45, 2.75) is 469 Å². The highest BCUT2D eigenvalue weighted by Gasteiger charge is 2.22. The van der Waals surface area contributed by atoms with Crippen LogP contribution in [0, 0.1) is 0 Å². The third-order valence-electron chi connectivity index (χ3n) is 20.0. The van der Waals surface area contributed by atoms with E-state index >= 15 is 0 Å². The highest BCUT2D eigenvalue weighted by atomic mass is 31.2. The maximum absolute atomic E-state index is 12.9. The second-order valence-corrected chi connectivity index (χ2v) is 32.3. The molecule has 0 aromatic carbocycles. The molecule has 96 heavy (non-hydrogen) atoms. The zero-order valence-corrected chi connectivity index (χ0v) is 66.3. The van der Waals surface area contributed by atoms with Gasteiger partial charge in [0, 0.05) is 12.8 Å². The van der Waals surface area contributed by atoms with Crippen LogP contribution < -0.4 is 4.89 Å². The van der Waals surface area contributed by atoms with Crippen molar-refractivity contribution in [3.63, 3.8) is 0 Å². The van der Waals surface area contributed by atoms with Crippen LogP contribution in [0.15, 0.2) is 24.3 Å². The van der Waals surface area contributed by atoms with E-state index in [0.29, 0.717) is 17.4 Å². The molecular weight excluding hydrogens is 1210 g/mol. The molecule has 0 aromatic rings. The van der Waals surface area contributed by atoms with E-state index in [2.05, 4.69) is 38.2 Å². The SMILES string of the molecule is CCCCCCC/C=C\C/C=C\CCCCCCCCCCCCCCCCCCCCCCCC(=O)OC(COC(=O)CCCCCCCCCCCCCCCCCCCCCCCCCCCCCCCCCCCCCCCCC)COP(=O)([O-])OCC[N+](C)(C)C. The van der Waals surface area contributed by atoms with Gasteiger partial charge in [-0.25, -0.2) is 0 Å². The Hall–Kier alpha value is -1.51. The predicted molar refractivity (Wildman–Crippen MR) is 416 cm³/mol. The number of phosphoric acid groups is 1. The molecule has 0 saturated carbocycles. The van der Waals surface area contributed by atoms with Crippen LogP contribution in [-0.2, 0) is 32.7 Å². The maximum atomic E-state index is 12.9. The van der Waals surface area contributed by atoms with Crippen LogP contribution in [0.25, 0.3) is 0 Å². The molecule has 0 heterocycles. The summed E-state index contributed by atoms with van der Waals surface area (Å²) in [5.41, 5.74) is 0. The number of rotatable bonds is 82. The molecule has 2 unspecified atom stereocenters. The van der Waals surface area contributed by atoms with E-state index in [1.165, 1.54) is 392 Å². The van der Waals surface area contributed by atoms with Crippen LogP contribution in [0.4, 0.5) is 0 Å². The van der Waals surface area contributed by atoms with Crippen LogP contribution in [0.3, 0.4) is 0 Å². The summed E-state index contributed by atoms with van der Waals surface area (Å²) in [6.07, 6.45) is 101. The highest BCUT2D eigenvalue weighted by molar-refractivity contribution is 7.45. The summed E-state index contributed by atoms with van der Waals surface area (Å²) in [4.78, 5) is 38.2. The molecule has 0 bridgehead atoms. The molecule has 0 fully saturated rings. The molecule has 2 atom stereocenters. The fourth-order valence-corrected chi connectivity index (χ4v) is 14.1. The van der Waals surface area contributed by atoms with Crippen molar-refractivity contribution in [2.75, 3.05) is 47.5 Å². The van der Waals surface area contributed by atoms with E-state index in [4.69, 9.17) is 18.5 Å². The third kappa shape index (κ3) is 81.5. The van der Waals surface area contributed by atoms with Crippen LogP contribution >= 0.6 is 7.82 Å². The largest absolute Gasteiger partial charge is 0.756 e. The van der Waals surface area contributed by atoms with Gasteiger partial charge in [-0.2, -0.15) is 0 Å². The van der Waals surface area contributed by atoms with Gasteiger partial charge in [0.15, 0.2) is 6.10 Å². The molecule has 0 rings (SSSR count). The fourth-order valence-electron chi connectivity index (χ4n) is 13.4. The van der Waals surface area contributed by atoms with Crippen LogP contribution in [-0.4, -0.2) is 70.0 Å². The van der Waals surface area contributed by atoms with Gasteiger partial charge in [-0.15, -0.1) is 0 Å². The molecule has 0 saturated heterocycles. The highest BCUT2D eigenvalue weighted by Crippen LogP contribution is 2.38. The van der Waals surface area contributed by atoms with Gasteiger partial charge in [0.2, 0.25) is 0 Å². The Bertz CT molecular complexity index is 1660. The number of hydrogen-bond acceptors (Lipinski definition) is 8. The number of esters is 2. The average molecular weight is 1380 g/mol. The van der Waals surface area contributed by atoms with Crippen LogP contribution in [0.5, 0.6) is 0 Å². The Labute approximate surface area is 599 Å². The van der Waals surface area contributed by atoms with Crippen molar-refractivity contribution in [3.05, 3.63) is 24.3 Å². The number of unbranched alkanes of at least 4 members (excludes halogenated alkanes) is 64. The first-order valence-corrected chi connectivity index (χ1v) is 44.5. The van der Waals surface area contributed by atoms with E-state index < -0.39 is 26.5 Å². The Balaban J connectivity index is 3.85. The van der Waals surface area contributed by atoms with Crippen molar-refractivity contribution in [2.24, 2.45) is 0 Å². The Morgan fingerprint density at radius 3 is 0.823 bits per heavy atom. The third-order valence-corrected chi connectivity index (χ3v) is 20.9. The lowest BCUT2D eigenvalue weighted by atomic mass is 10.0. The summed E-state index contributed by atoms with van der Waals surface area (Å²) in [7, 11) is 1.20. The Morgan fingerprint density at radius 2 is 0.562 bits per heavy atom. The normalized spacial score (nSPS) is 13.0. The van der Waals surface area contributed by atoms with Crippen LogP contribution in [0.2, 0.25) is 0 Å². The molecule has 9 nitrogen and oxygen atoms in total. The standard InChI is InChI=1S/C86H168NO8P/c1-6-8-10-12-14-16-18-20-22-24-26-28-30-32-34-36-38-40-41-42-43-44-45-47-48-50-52-54-56-58-60-62-64-66-68-70-72-74-76-78-85(88)92-82-84(83-94-96(90,91)93-81-80-87(3,4)5)95-86(89)79-77-75-73-71-69-67-65-63-61-59-57-55-53-51-49-46-39-37-35-33-31-29-27-25-23-21-19-17-15-13-11-9-7-2/h19,21,25,27,84H,6-18,20,22-24,26,28-83H2,1-5H3/b21-19-,27-25-. The molecule has 0 aliphatic heterocycles. The molecule has 570 valence electrons. The van der Waals surface area contributed by atoms with E-state index in [-0.39, 0.29) is 32.0 Å². The predicted octanol–water partition coefficient (Wildman–Crippen LogP) is 28.1. The van der Waals surface area contributed by atoms with E-state index in [1.807, 2.05) is 21.1 Å². The van der Waals surface area contributed by atoms with Crippen molar-refractivity contribution in [3.8, 4) is 0 Å². The lowest BCUT2D eigenvalue weighted by molar-refractivity contribution is -0.870. The van der Waals surface area contributed by atoms with Gasteiger partial charge in [-0.3, -0.25) is 14.2 Å². The molecule has 10 heteroatoms. The topological polar surface area (TPSA) is 111 Å². The number of carbonyl (C=O) groups excluding carboxylic acids is 2. The molecular formula is C86H168NO8P.